The van der Waals surface area contributed by atoms with Gasteiger partial charge in [-0.25, -0.2) is 0 Å². The van der Waals surface area contributed by atoms with Gasteiger partial charge < -0.3 is 9.80 Å². The fourth-order valence-corrected chi connectivity index (χ4v) is 3.92. The van der Waals surface area contributed by atoms with Crippen LogP contribution in [0.15, 0.2) is 0 Å². The minimum absolute atomic E-state index is 0.280. The van der Waals surface area contributed by atoms with Gasteiger partial charge in [0.1, 0.15) is 0 Å². The van der Waals surface area contributed by atoms with E-state index >= 15 is 0 Å². The van der Waals surface area contributed by atoms with Crippen molar-refractivity contribution < 1.29 is 4.79 Å². The van der Waals surface area contributed by atoms with E-state index in [0.29, 0.717) is 12.1 Å². The van der Waals surface area contributed by atoms with Gasteiger partial charge in [0.05, 0.1) is 0 Å². The Kier molecular flexibility index (Phi) is 6.49. The zero-order valence-electron chi connectivity index (χ0n) is 14.2. The van der Waals surface area contributed by atoms with Gasteiger partial charge in [0.25, 0.3) is 0 Å². The molecule has 4 heteroatoms. The molecule has 0 aliphatic carbocycles. The van der Waals surface area contributed by atoms with Gasteiger partial charge >= 0.3 is 0 Å². The average molecular weight is 295 g/mol. The summed E-state index contributed by atoms with van der Waals surface area (Å²) < 4.78 is 0. The molecule has 0 aromatic carbocycles. The topological polar surface area (TPSA) is 26.8 Å². The summed E-state index contributed by atoms with van der Waals surface area (Å²) in [5, 5.41) is 0. The van der Waals surface area contributed by atoms with Crippen molar-refractivity contribution in [1.82, 2.24) is 14.7 Å². The summed E-state index contributed by atoms with van der Waals surface area (Å²) in [7, 11) is 2.20. The molecule has 0 aromatic rings. The van der Waals surface area contributed by atoms with Crippen LogP contribution in [0.1, 0.15) is 52.4 Å². The Morgan fingerprint density at radius 3 is 2.29 bits per heavy atom. The van der Waals surface area contributed by atoms with Crippen molar-refractivity contribution in [1.29, 1.82) is 0 Å². The first-order valence-electron chi connectivity index (χ1n) is 8.81. The van der Waals surface area contributed by atoms with Crippen LogP contribution >= 0.6 is 0 Å². The second kappa shape index (κ2) is 8.14. The number of carbonyl (C=O) groups excluding carboxylic acids is 1. The summed E-state index contributed by atoms with van der Waals surface area (Å²) in [4.78, 5) is 18.8. The number of hydrogen-bond donors (Lipinski definition) is 0. The molecule has 2 atom stereocenters. The lowest BCUT2D eigenvalue weighted by atomic mass is 10.1. The highest BCUT2D eigenvalue weighted by molar-refractivity contribution is 5.74. The van der Waals surface area contributed by atoms with E-state index in [1.54, 1.807) is 6.92 Å². The van der Waals surface area contributed by atoms with Gasteiger partial charge in [-0.15, -0.1) is 0 Å². The second-order valence-corrected chi connectivity index (χ2v) is 6.88. The summed E-state index contributed by atoms with van der Waals surface area (Å²) in [6.07, 6.45) is 7.77. The lowest BCUT2D eigenvalue weighted by Crippen LogP contribution is -2.55. The van der Waals surface area contributed by atoms with Crippen molar-refractivity contribution in [3.63, 3.8) is 0 Å². The number of rotatable bonds is 8. The van der Waals surface area contributed by atoms with Gasteiger partial charge in [-0.2, -0.15) is 0 Å². The minimum Gasteiger partial charge on any atom is -0.334 e. The van der Waals surface area contributed by atoms with Crippen molar-refractivity contribution in [2.75, 3.05) is 39.8 Å². The van der Waals surface area contributed by atoms with Crippen LogP contribution in [-0.4, -0.2) is 72.5 Å². The molecule has 21 heavy (non-hydrogen) atoms. The van der Waals surface area contributed by atoms with Crippen molar-refractivity contribution in [3.8, 4) is 0 Å². The summed E-state index contributed by atoms with van der Waals surface area (Å²) in [6, 6.07) is 0.999. The van der Waals surface area contributed by atoms with Crippen molar-refractivity contribution in [2.45, 2.75) is 64.5 Å². The van der Waals surface area contributed by atoms with Crippen molar-refractivity contribution in [2.24, 2.45) is 0 Å². The molecule has 4 nitrogen and oxygen atoms in total. The molecule has 0 saturated carbocycles. The summed E-state index contributed by atoms with van der Waals surface area (Å²) >= 11 is 0. The number of fused-ring (bicyclic) bond motifs is 2. The maximum absolute atomic E-state index is 11.7. The maximum atomic E-state index is 11.7. The van der Waals surface area contributed by atoms with Gasteiger partial charge in [-0.1, -0.05) is 19.8 Å². The molecular formula is C17H33N3O. The third kappa shape index (κ3) is 4.68. The van der Waals surface area contributed by atoms with Crippen molar-refractivity contribution in [3.05, 3.63) is 0 Å². The van der Waals surface area contributed by atoms with Gasteiger partial charge in [0, 0.05) is 32.1 Å². The van der Waals surface area contributed by atoms with E-state index in [9.17, 15) is 4.79 Å². The zero-order valence-corrected chi connectivity index (χ0v) is 14.2. The first-order valence-corrected chi connectivity index (χ1v) is 8.81. The summed E-state index contributed by atoms with van der Waals surface area (Å²) in [6.45, 7) is 9.77. The highest BCUT2D eigenvalue weighted by atomic mass is 16.2. The van der Waals surface area contributed by atoms with Crippen LogP contribution in [0.5, 0.6) is 0 Å². The van der Waals surface area contributed by atoms with Gasteiger partial charge in [0.2, 0.25) is 5.91 Å². The molecule has 2 aliphatic heterocycles. The fraction of sp³-hybridized carbons (Fsp3) is 0.941. The molecule has 2 saturated heterocycles. The fourth-order valence-electron chi connectivity index (χ4n) is 3.92. The number of unbranched alkanes of at least 4 members (excludes halogenated alkanes) is 3. The molecule has 0 aromatic heterocycles. The van der Waals surface area contributed by atoms with E-state index in [1.165, 1.54) is 51.6 Å². The standard InChI is InChI=1S/C17H33N3O/c1-4-18(3)11-7-5-6-8-12-19-13-16-9-10-17(14-19)20(16)15(2)21/h16-17H,4-14H2,1-3H3. The number of nitrogens with zero attached hydrogens (tertiary/aromatic N) is 3. The number of hydrogen-bond acceptors (Lipinski definition) is 3. The Morgan fingerprint density at radius 1 is 1.10 bits per heavy atom. The van der Waals surface area contributed by atoms with E-state index < -0.39 is 0 Å². The SMILES string of the molecule is CCN(C)CCCCCCN1CC2CCC(C1)N2C(C)=O. The van der Waals surface area contributed by atoms with Crippen LogP contribution in [0.4, 0.5) is 0 Å². The van der Waals surface area contributed by atoms with Crippen LogP contribution in [0.3, 0.4) is 0 Å². The summed E-state index contributed by atoms with van der Waals surface area (Å²) in [5.41, 5.74) is 0. The first-order chi connectivity index (χ1) is 10.1. The van der Waals surface area contributed by atoms with Gasteiger partial charge in [-0.3, -0.25) is 9.69 Å². The lowest BCUT2D eigenvalue weighted by molar-refractivity contribution is -0.134. The highest BCUT2D eigenvalue weighted by Gasteiger charge is 2.40. The van der Waals surface area contributed by atoms with E-state index in [-0.39, 0.29) is 5.91 Å². The molecular weight excluding hydrogens is 262 g/mol. The minimum atomic E-state index is 0.280. The monoisotopic (exact) mass is 295 g/mol. The molecule has 2 unspecified atom stereocenters. The number of amides is 1. The van der Waals surface area contributed by atoms with Gasteiger partial charge in [0.15, 0.2) is 0 Å². The van der Waals surface area contributed by atoms with Crippen LogP contribution < -0.4 is 0 Å². The predicted octanol–water partition coefficient (Wildman–Crippen LogP) is 2.19. The van der Waals surface area contributed by atoms with E-state index in [0.717, 1.165) is 19.6 Å². The highest BCUT2D eigenvalue weighted by Crippen LogP contribution is 2.30. The third-order valence-corrected chi connectivity index (χ3v) is 5.23. The van der Waals surface area contributed by atoms with E-state index in [4.69, 9.17) is 0 Å². The van der Waals surface area contributed by atoms with Gasteiger partial charge in [-0.05, 0) is 52.4 Å². The Morgan fingerprint density at radius 2 is 1.71 bits per heavy atom. The molecule has 0 radical (unpaired) electrons. The largest absolute Gasteiger partial charge is 0.334 e. The molecule has 2 heterocycles. The zero-order chi connectivity index (χ0) is 15.2. The van der Waals surface area contributed by atoms with Crippen LogP contribution in [-0.2, 0) is 4.79 Å². The molecule has 2 fully saturated rings. The number of piperazine rings is 1. The third-order valence-electron chi connectivity index (χ3n) is 5.23. The van der Waals surface area contributed by atoms with Crippen LogP contribution in [0.2, 0.25) is 0 Å². The molecule has 122 valence electrons. The van der Waals surface area contributed by atoms with E-state index in [1.807, 2.05) is 0 Å². The Hall–Kier alpha value is -0.610. The maximum Gasteiger partial charge on any atom is 0.220 e. The van der Waals surface area contributed by atoms with Crippen LogP contribution in [0.25, 0.3) is 0 Å². The average Bonchev–Trinajstić information content (AvgIpc) is 2.74. The number of carbonyl (C=O) groups is 1. The normalized spacial score (nSPS) is 25.8. The molecule has 2 bridgehead atoms. The molecule has 2 rings (SSSR count). The van der Waals surface area contributed by atoms with E-state index in [2.05, 4.69) is 28.7 Å². The summed E-state index contributed by atoms with van der Waals surface area (Å²) in [5.74, 6) is 0.280. The molecule has 2 aliphatic rings. The lowest BCUT2D eigenvalue weighted by Gasteiger charge is -2.40. The smallest absolute Gasteiger partial charge is 0.220 e. The Labute approximate surface area is 130 Å². The molecule has 0 N–H and O–H groups in total. The second-order valence-electron chi connectivity index (χ2n) is 6.88. The van der Waals surface area contributed by atoms with Crippen LogP contribution in [0, 0.1) is 0 Å². The Bertz CT molecular complexity index is 320. The first kappa shape index (κ1) is 16.8. The Balaban J connectivity index is 1.58. The van der Waals surface area contributed by atoms with Crippen molar-refractivity contribution >= 4 is 5.91 Å². The quantitative estimate of drug-likeness (QED) is 0.642. The molecule has 1 amide bonds. The predicted molar refractivity (Wildman–Crippen MR) is 87.4 cm³/mol. The number of likely N-dealkylation sites (tertiary alicyclic amines) is 1. The molecule has 0 spiro atoms.